The topological polar surface area (TPSA) is 76.0 Å². The van der Waals surface area contributed by atoms with Gasteiger partial charge in [-0.2, -0.15) is 13.9 Å². The molecule has 0 spiro atoms. The Labute approximate surface area is 66.9 Å². The number of nitrogen functional groups attached to an aromatic ring is 1. The maximum Gasteiger partial charge on any atom is 0.388 e. The van der Waals surface area contributed by atoms with Gasteiger partial charge in [0.25, 0.3) is 0 Å². The molecule has 1 rings (SSSR count). The van der Waals surface area contributed by atoms with Crippen LogP contribution in [-0.2, 0) is 0 Å². The van der Waals surface area contributed by atoms with E-state index >= 15 is 0 Å². The lowest BCUT2D eigenvalue weighted by molar-refractivity contribution is -0.0533. The van der Waals surface area contributed by atoms with E-state index in [-0.39, 0.29) is 11.7 Å². The number of rotatable bonds is 3. The van der Waals surface area contributed by atoms with Crippen LogP contribution in [0.4, 0.5) is 14.6 Å². The maximum absolute atomic E-state index is 11.7. The Kier molecular flexibility index (Phi) is 2.44. The second kappa shape index (κ2) is 3.35. The summed E-state index contributed by atoms with van der Waals surface area (Å²) in [5.41, 5.74) is 2.64. The summed E-state index contributed by atoms with van der Waals surface area (Å²) < 4.78 is 27.5. The number of anilines is 1. The van der Waals surface area contributed by atoms with E-state index in [0.717, 1.165) is 0 Å². The van der Waals surface area contributed by atoms with Gasteiger partial charge in [-0.1, -0.05) is 0 Å². The van der Waals surface area contributed by atoms with Crippen molar-refractivity contribution in [2.75, 3.05) is 5.43 Å². The minimum Gasteiger partial charge on any atom is -0.417 e. The quantitative estimate of drug-likeness (QED) is 0.468. The van der Waals surface area contributed by atoms with Crippen molar-refractivity contribution in [2.24, 2.45) is 5.84 Å². The number of nitrogens with zero attached hydrogens (tertiary/aromatic N) is 1. The van der Waals surface area contributed by atoms with Gasteiger partial charge < -0.3 is 10.2 Å². The molecule has 0 fully saturated rings. The van der Waals surface area contributed by atoms with Crippen molar-refractivity contribution in [1.29, 1.82) is 0 Å². The van der Waals surface area contributed by atoms with Gasteiger partial charge in [0.1, 0.15) is 0 Å². The first-order valence-corrected chi connectivity index (χ1v) is 3.11. The first kappa shape index (κ1) is 8.72. The standard InChI is InChI=1S/C5H8F2N4O/c1-2-3(9-8)10-11-4(2)12-5(6)7/h5H,8H2,1H3,(H2,9,10,11). The molecule has 0 saturated carbocycles. The number of hydrogen-bond acceptors (Lipinski definition) is 4. The number of aromatic amines is 1. The van der Waals surface area contributed by atoms with Gasteiger partial charge in [0, 0.05) is 0 Å². The van der Waals surface area contributed by atoms with Crippen LogP contribution in [0.25, 0.3) is 0 Å². The van der Waals surface area contributed by atoms with Crippen LogP contribution >= 0.6 is 0 Å². The maximum atomic E-state index is 11.7. The molecule has 0 atom stereocenters. The summed E-state index contributed by atoms with van der Waals surface area (Å²) in [6, 6.07) is 0. The van der Waals surface area contributed by atoms with E-state index in [1.54, 1.807) is 6.92 Å². The number of nitrogens with two attached hydrogens (primary N) is 1. The normalized spacial score (nSPS) is 10.4. The van der Waals surface area contributed by atoms with Crippen LogP contribution in [0.2, 0.25) is 0 Å². The highest BCUT2D eigenvalue weighted by Gasteiger charge is 2.12. The molecule has 0 saturated heterocycles. The Balaban J connectivity index is 2.80. The molecule has 1 aromatic rings. The molecular weight excluding hydrogens is 170 g/mol. The SMILES string of the molecule is Cc1c(NN)n[nH]c1OC(F)F. The van der Waals surface area contributed by atoms with Gasteiger partial charge in [0.05, 0.1) is 5.56 Å². The molecule has 0 radical (unpaired) electrons. The zero-order valence-electron chi connectivity index (χ0n) is 6.27. The summed E-state index contributed by atoms with van der Waals surface area (Å²) in [6.45, 7) is -1.31. The zero-order valence-corrected chi connectivity index (χ0v) is 6.27. The van der Waals surface area contributed by atoms with E-state index in [9.17, 15) is 8.78 Å². The summed E-state index contributed by atoms with van der Waals surface area (Å²) in [4.78, 5) is 0. The van der Waals surface area contributed by atoms with Crippen LogP contribution < -0.4 is 16.0 Å². The monoisotopic (exact) mass is 178 g/mol. The highest BCUT2D eigenvalue weighted by Crippen LogP contribution is 2.22. The Morgan fingerprint density at radius 1 is 1.67 bits per heavy atom. The lowest BCUT2D eigenvalue weighted by Gasteiger charge is -2.01. The molecule has 0 unspecified atom stereocenters. The molecular formula is C5H8F2N4O. The van der Waals surface area contributed by atoms with Gasteiger partial charge >= 0.3 is 6.61 Å². The second-order valence-corrected chi connectivity index (χ2v) is 2.05. The van der Waals surface area contributed by atoms with Crippen LogP contribution in [0.5, 0.6) is 5.88 Å². The number of halogens is 2. The smallest absolute Gasteiger partial charge is 0.388 e. The molecule has 1 aromatic heterocycles. The fraction of sp³-hybridized carbons (Fsp3) is 0.400. The van der Waals surface area contributed by atoms with Crippen molar-refractivity contribution >= 4 is 5.82 Å². The fourth-order valence-electron chi connectivity index (χ4n) is 0.726. The third-order valence-corrected chi connectivity index (χ3v) is 1.31. The van der Waals surface area contributed by atoms with E-state index in [1.165, 1.54) is 0 Å². The average Bonchev–Trinajstić information content (AvgIpc) is 2.32. The second-order valence-electron chi connectivity index (χ2n) is 2.05. The Hall–Kier alpha value is -1.37. The summed E-state index contributed by atoms with van der Waals surface area (Å²) >= 11 is 0. The number of H-pyrrole nitrogens is 1. The zero-order chi connectivity index (χ0) is 9.14. The highest BCUT2D eigenvalue weighted by molar-refractivity contribution is 5.47. The molecule has 7 heteroatoms. The number of aromatic nitrogens is 2. The average molecular weight is 178 g/mol. The number of hydrogen-bond donors (Lipinski definition) is 3. The van der Waals surface area contributed by atoms with Crippen molar-refractivity contribution in [2.45, 2.75) is 13.5 Å². The molecule has 0 bridgehead atoms. The number of alkyl halides is 2. The molecule has 0 aromatic carbocycles. The van der Waals surface area contributed by atoms with Gasteiger partial charge in [-0.3, -0.25) is 0 Å². The highest BCUT2D eigenvalue weighted by atomic mass is 19.3. The minimum absolute atomic E-state index is 0.0852. The first-order chi connectivity index (χ1) is 5.65. The summed E-state index contributed by atoms with van der Waals surface area (Å²) in [7, 11) is 0. The Morgan fingerprint density at radius 3 is 2.75 bits per heavy atom. The van der Waals surface area contributed by atoms with Crippen LogP contribution in [0.15, 0.2) is 0 Å². The van der Waals surface area contributed by atoms with E-state index < -0.39 is 6.61 Å². The third kappa shape index (κ3) is 1.62. The predicted molar refractivity (Wildman–Crippen MR) is 37.8 cm³/mol. The molecule has 12 heavy (non-hydrogen) atoms. The van der Waals surface area contributed by atoms with Gasteiger partial charge in [0.15, 0.2) is 5.82 Å². The van der Waals surface area contributed by atoms with Crippen LogP contribution in [0.3, 0.4) is 0 Å². The molecule has 68 valence electrons. The van der Waals surface area contributed by atoms with Gasteiger partial charge in [-0.15, -0.1) is 0 Å². The predicted octanol–water partition coefficient (Wildman–Crippen LogP) is 0.605. The van der Waals surface area contributed by atoms with Crippen molar-refractivity contribution < 1.29 is 13.5 Å². The molecule has 0 amide bonds. The van der Waals surface area contributed by atoms with Crippen molar-refractivity contribution in [3.05, 3.63) is 5.56 Å². The van der Waals surface area contributed by atoms with Crippen LogP contribution in [0.1, 0.15) is 5.56 Å². The van der Waals surface area contributed by atoms with Crippen LogP contribution in [0, 0.1) is 6.92 Å². The number of nitrogens with one attached hydrogen (secondary N) is 2. The molecule has 5 nitrogen and oxygen atoms in total. The fourth-order valence-corrected chi connectivity index (χ4v) is 0.726. The van der Waals surface area contributed by atoms with E-state index in [2.05, 4.69) is 20.4 Å². The summed E-state index contributed by atoms with van der Waals surface area (Å²) in [5.74, 6) is 5.22. The largest absolute Gasteiger partial charge is 0.417 e. The Morgan fingerprint density at radius 2 is 2.33 bits per heavy atom. The minimum atomic E-state index is -2.87. The molecule has 0 aliphatic rings. The summed E-state index contributed by atoms with van der Waals surface area (Å²) in [5, 5.41) is 5.83. The molecule has 1 heterocycles. The third-order valence-electron chi connectivity index (χ3n) is 1.31. The van der Waals surface area contributed by atoms with Gasteiger partial charge in [-0.05, 0) is 6.92 Å². The lowest BCUT2D eigenvalue weighted by atomic mass is 10.4. The van der Waals surface area contributed by atoms with E-state index in [0.29, 0.717) is 5.56 Å². The number of hydrazine groups is 1. The van der Waals surface area contributed by atoms with Crippen molar-refractivity contribution in [1.82, 2.24) is 10.2 Å². The number of ether oxygens (including phenoxy) is 1. The Bertz CT molecular complexity index is 262. The van der Waals surface area contributed by atoms with Gasteiger partial charge in [-0.25, -0.2) is 10.9 Å². The van der Waals surface area contributed by atoms with Crippen molar-refractivity contribution in [3.63, 3.8) is 0 Å². The molecule has 0 aliphatic heterocycles. The molecule has 4 N–H and O–H groups in total. The summed E-state index contributed by atoms with van der Waals surface area (Å²) in [6.07, 6.45) is 0. The van der Waals surface area contributed by atoms with Gasteiger partial charge in [0.2, 0.25) is 5.88 Å². The van der Waals surface area contributed by atoms with Crippen molar-refractivity contribution in [3.8, 4) is 5.88 Å². The van der Waals surface area contributed by atoms with E-state index in [4.69, 9.17) is 5.84 Å². The lowest BCUT2D eigenvalue weighted by Crippen LogP contribution is -2.08. The molecule has 0 aliphatic carbocycles. The first-order valence-electron chi connectivity index (χ1n) is 3.11. The van der Waals surface area contributed by atoms with Crippen LogP contribution in [-0.4, -0.2) is 16.8 Å². The van der Waals surface area contributed by atoms with E-state index in [1.807, 2.05) is 0 Å².